The van der Waals surface area contributed by atoms with E-state index in [4.69, 9.17) is 5.73 Å². The van der Waals surface area contributed by atoms with Gasteiger partial charge in [-0.1, -0.05) is 45.0 Å². The lowest BCUT2D eigenvalue weighted by atomic mass is 9.87. The van der Waals surface area contributed by atoms with Crippen molar-refractivity contribution in [3.63, 3.8) is 0 Å². The molecular formula is C14H23NO2S. The van der Waals surface area contributed by atoms with Gasteiger partial charge in [-0.2, -0.15) is 0 Å². The van der Waals surface area contributed by atoms with Gasteiger partial charge < -0.3 is 5.73 Å². The smallest absolute Gasteiger partial charge is 0.154 e. The molecule has 0 aliphatic carbocycles. The maximum Gasteiger partial charge on any atom is 0.154 e. The number of rotatable bonds is 5. The van der Waals surface area contributed by atoms with Gasteiger partial charge in [-0.25, -0.2) is 8.42 Å². The van der Waals surface area contributed by atoms with Crippen LogP contribution in [0, 0.1) is 0 Å². The summed E-state index contributed by atoms with van der Waals surface area (Å²) < 4.78 is 23.6. The Hall–Kier alpha value is -0.870. The second-order valence-electron chi connectivity index (χ2n) is 5.68. The van der Waals surface area contributed by atoms with E-state index in [1.807, 2.05) is 24.3 Å². The standard InChI is InChI=1S/C14H23NO2S/c1-14(2,3)13-7-5-12(6-8-13)11-18(16,17)10-4-9-15/h5-8H,4,9-11,15H2,1-3H3. The minimum absolute atomic E-state index is 0.0942. The zero-order chi connectivity index (χ0) is 13.8. The molecule has 0 saturated heterocycles. The highest BCUT2D eigenvalue weighted by Crippen LogP contribution is 2.22. The third-order valence-electron chi connectivity index (χ3n) is 2.87. The van der Waals surface area contributed by atoms with E-state index in [0.717, 1.165) is 5.56 Å². The predicted molar refractivity (Wildman–Crippen MR) is 76.3 cm³/mol. The fourth-order valence-corrected chi connectivity index (χ4v) is 3.18. The molecule has 0 atom stereocenters. The van der Waals surface area contributed by atoms with Gasteiger partial charge in [0.15, 0.2) is 9.84 Å². The van der Waals surface area contributed by atoms with Crippen LogP contribution in [0.3, 0.4) is 0 Å². The normalized spacial score (nSPS) is 12.7. The average molecular weight is 269 g/mol. The van der Waals surface area contributed by atoms with Crippen LogP contribution in [-0.4, -0.2) is 20.7 Å². The van der Waals surface area contributed by atoms with Gasteiger partial charge in [0, 0.05) is 0 Å². The van der Waals surface area contributed by atoms with Crippen molar-refractivity contribution in [2.24, 2.45) is 5.73 Å². The molecule has 2 N–H and O–H groups in total. The van der Waals surface area contributed by atoms with E-state index in [1.165, 1.54) is 5.56 Å². The van der Waals surface area contributed by atoms with Gasteiger partial charge in [0.05, 0.1) is 11.5 Å². The number of benzene rings is 1. The first-order valence-electron chi connectivity index (χ1n) is 6.24. The van der Waals surface area contributed by atoms with Crippen LogP contribution in [0.15, 0.2) is 24.3 Å². The molecule has 0 radical (unpaired) electrons. The maximum atomic E-state index is 11.8. The van der Waals surface area contributed by atoms with Crippen LogP contribution in [0.5, 0.6) is 0 Å². The molecule has 0 aromatic heterocycles. The molecular weight excluding hydrogens is 246 g/mol. The van der Waals surface area contributed by atoms with Gasteiger partial charge in [-0.15, -0.1) is 0 Å². The van der Waals surface area contributed by atoms with Gasteiger partial charge >= 0.3 is 0 Å². The lowest BCUT2D eigenvalue weighted by molar-refractivity contribution is 0.589. The zero-order valence-corrected chi connectivity index (χ0v) is 12.3. The number of hydrogen-bond acceptors (Lipinski definition) is 3. The molecule has 1 aromatic carbocycles. The Morgan fingerprint density at radius 2 is 1.67 bits per heavy atom. The Morgan fingerprint density at radius 1 is 1.11 bits per heavy atom. The van der Waals surface area contributed by atoms with E-state index in [2.05, 4.69) is 20.8 Å². The van der Waals surface area contributed by atoms with Crippen molar-refractivity contribution >= 4 is 9.84 Å². The highest BCUT2D eigenvalue weighted by molar-refractivity contribution is 7.90. The summed E-state index contributed by atoms with van der Waals surface area (Å²) in [7, 11) is -3.03. The second-order valence-corrected chi connectivity index (χ2v) is 7.87. The summed E-state index contributed by atoms with van der Waals surface area (Å²) in [5.41, 5.74) is 7.49. The molecule has 0 spiro atoms. The number of hydrogen-bond donors (Lipinski definition) is 1. The first-order valence-corrected chi connectivity index (χ1v) is 8.07. The fraction of sp³-hybridized carbons (Fsp3) is 0.571. The Kier molecular flexibility index (Phi) is 4.93. The monoisotopic (exact) mass is 269 g/mol. The van der Waals surface area contributed by atoms with Crippen molar-refractivity contribution in [3.05, 3.63) is 35.4 Å². The summed E-state index contributed by atoms with van der Waals surface area (Å²) in [5.74, 6) is 0.280. The van der Waals surface area contributed by atoms with E-state index < -0.39 is 9.84 Å². The van der Waals surface area contributed by atoms with E-state index in [-0.39, 0.29) is 16.9 Å². The highest BCUT2D eigenvalue weighted by atomic mass is 32.2. The molecule has 0 amide bonds. The average Bonchev–Trinajstić information content (AvgIpc) is 2.25. The van der Waals surface area contributed by atoms with Crippen LogP contribution in [0.25, 0.3) is 0 Å². The fourth-order valence-electron chi connectivity index (χ4n) is 1.73. The molecule has 0 aliphatic heterocycles. The quantitative estimate of drug-likeness (QED) is 0.892. The summed E-state index contributed by atoms with van der Waals surface area (Å²) in [6, 6.07) is 7.82. The molecule has 0 aliphatic rings. The molecule has 18 heavy (non-hydrogen) atoms. The minimum atomic E-state index is -3.03. The predicted octanol–water partition coefficient (Wildman–Crippen LogP) is 2.25. The summed E-state index contributed by atoms with van der Waals surface area (Å²) in [5, 5.41) is 0. The second kappa shape index (κ2) is 5.85. The lowest BCUT2D eigenvalue weighted by Crippen LogP contribution is -2.14. The summed E-state index contributed by atoms with van der Waals surface area (Å²) in [4.78, 5) is 0. The topological polar surface area (TPSA) is 60.2 Å². The molecule has 0 bridgehead atoms. The first-order chi connectivity index (χ1) is 8.24. The van der Waals surface area contributed by atoms with E-state index in [1.54, 1.807) is 0 Å². The van der Waals surface area contributed by atoms with Gasteiger partial charge in [-0.05, 0) is 29.5 Å². The van der Waals surface area contributed by atoms with Gasteiger partial charge in [0.1, 0.15) is 0 Å². The Balaban J connectivity index is 2.75. The molecule has 0 fully saturated rings. The Morgan fingerprint density at radius 3 is 2.11 bits per heavy atom. The maximum absolute atomic E-state index is 11.8. The van der Waals surface area contributed by atoms with Gasteiger partial charge in [0.2, 0.25) is 0 Å². The first kappa shape index (κ1) is 15.2. The molecule has 1 aromatic rings. The largest absolute Gasteiger partial charge is 0.330 e. The molecule has 0 unspecified atom stereocenters. The SMILES string of the molecule is CC(C)(C)c1ccc(CS(=O)(=O)CCCN)cc1. The number of nitrogens with two attached hydrogens (primary N) is 1. The van der Waals surface area contributed by atoms with Crippen molar-refractivity contribution in [1.82, 2.24) is 0 Å². The molecule has 4 heteroatoms. The van der Waals surface area contributed by atoms with Crippen LogP contribution in [0.4, 0.5) is 0 Å². The lowest BCUT2D eigenvalue weighted by Gasteiger charge is -2.19. The van der Waals surface area contributed by atoms with Gasteiger partial charge in [0.25, 0.3) is 0 Å². The van der Waals surface area contributed by atoms with Crippen molar-refractivity contribution in [2.75, 3.05) is 12.3 Å². The van der Waals surface area contributed by atoms with Gasteiger partial charge in [-0.3, -0.25) is 0 Å². The summed E-state index contributed by atoms with van der Waals surface area (Å²) in [6.07, 6.45) is 0.530. The number of sulfone groups is 1. The van der Waals surface area contributed by atoms with Crippen LogP contribution < -0.4 is 5.73 Å². The Bertz CT molecular complexity index is 470. The van der Waals surface area contributed by atoms with E-state index >= 15 is 0 Å². The molecule has 0 heterocycles. The van der Waals surface area contributed by atoms with Crippen LogP contribution >= 0.6 is 0 Å². The highest BCUT2D eigenvalue weighted by Gasteiger charge is 2.15. The molecule has 3 nitrogen and oxygen atoms in total. The molecule has 1 rings (SSSR count). The van der Waals surface area contributed by atoms with Crippen molar-refractivity contribution in [2.45, 2.75) is 38.4 Å². The minimum Gasteiger partial charge on any atom is -0.330 e. The van der Waals surface area contributed by atoms with Crippen LogP contribution in [0.1, 0.15) is 38.3 Å². The summed E-state index contributed by atoms with van der Waals surface area (Å²) in [6.45, 7) is 6.84. The third kappa shape index (κ3) is 4.78. The van der Waals surface area contributed by atoms with Crippen molar-refractivity contribution in [3.8, 4) is 0 Å². The van der Waals surface area contributed by atoms with E-state index in [0.29, 0.717) is 13.0 Å². The van der Waals surface area contributed by atoms with Crippen LogP contribution in [0.2, 0.25) is 0 Å². The van der Waals surface area contributed by atoms with E-state index in [9.17, 15) is 8.42 Å². The van der Waals surface area contributed by atoms with Crippen molar-refractivity contribution in [1.29, 1.82) is 0 Å². The third-order valence-corrected chi connectivity index (χ3v) is 4.55. The summed E-state index contributed by atoms with van der Waals surface area (Å²) >= 11 is 0. The van der Waals surface area contributed by atoms with Crippen molar-refractivity contribution < 1.29 is 8.42 Å². The molecule has 102 valence electrons. The zero-order valence-electron chi connectivity index (χ0n) is 11.4. The molecule has 0 saturated carbocycles. The Labute approximate surface area is 110 Å². The van der Waals surface area contributed by atoms with Crippen LogP contribution in [-0.2, 0) is 21.0 Å².